The van der Waals surface area contributed by atoms with Crippen molar-refractivity contribution in [3.05, 3.63) is 54.6 Å². The van der Waals surface area contributed by atoms with Crippen LogP contribution in [-0.4, -0.2) is 84.1 Å². The van der Waals surface area contributed by atoms with Gasteiger partial charge in [-0.25, -0.2) is 17.9 Å². The number of nitrogens with zero attached hydrogens (tertiary/aromatic N) is 5. The molecule has 0 unspecified atom stereocenters. The minimum atomic E-state index is -5.08. The lowest BCUT2D eigenvalue weighted by atomic mass is 9.84. The molecule has 238 valence electrons. The Hall–Kier alpha value is -3.49. The molecule has 3 aliphatic rings. The van der Waals surface area contributed by atoms with Crippen LogP contribution in [0.3, 0.4) is 0 Å². The molecule has 0 amide bonds. The SMILES string of the molecule is Cn1cc(C2=CCCN(c3ccc(S(=O)(=O)NC[C@@H]4CCCN5CCCC[C@H]45)c4ccncc34)C2)cn1.O=C(O)C(F)(F)F. The zero-order chi connectivity index (χ0) is 31.5. The molecule has 3 aliphatic heterocycles. The third-order valence-electron chi connectivity index (χ3n) is 8.62. The van der Waals surface area contributed by atoms with Crippen LogP contribution in [0.15, 0.2) is 54.0 Å². The third kappa shape index (κ3) is 7.24. The molecule has 2 atom stereocenters. The van der Waals surface area contributed by atoms with Crippen LogP contribution in [0.5, 0.6) is 0 Å². The molecule has 0 aliphatic carbocycles. The molecular formula is C30H37F3N6O4S. The van der Waals surface area contributed by atoms with Gasteiger partial charge in [-0.05, 0) is 74.9 Å². The normalized spacial score (nSPS) is 21.3. The quantitative estimate of drug-likeness (QED) is 0.409. The number of alkyl halides is 3. The molecule has 2 N–H and O–H groups in total. The van der Waals surface area contributed by atoms with Gasteiger partial charge in [0.2, 0.25) is 10.0 Å². The van der Waals surface area contributed by atoms with Gasteiger partial charge in [-0.15, -0.1) is 0 Å². The fourth-order valence-electron chi connectivity index (χ4n) is 6.51. The first-order valence-electron chi connectivity index (χ1n) is 14.8. The van der Waals surface area contributed by atoms with Crippen LogP contribution < -0.4 is 9.62 Å². The molecule has 2 saturated heterocycles. The van der Waals surface area contributed by atoms with E-state index in [-0.39, 0.29) is 0 Å². The van der Waals surface area contributed by atoms with E-state index in [1.54, 1.807) is 18.5 Å². The number of fused-ring (bicyclic) bond motifs is 2. The number of aryl methyl sites for hydroxylation is 1. The summed E-state index contributed by atoms with van der Waals surface area (Å²) in [5.41, 5.74) is 3.37. The van der Waals surface area contributed by atoms with Gasteiger partial charge < -0.3 is 14.9 Å². The van der Waals surface area contributed by atoms with E-state index in [0.29, 0.717) is 23.4 Å². The van der Waals surface area contributed by atoms with Crippen molar-refractivity contribution in [1.29, 1.82) is 0 Å². The van der Waals surface area contributed by atoms with Gasteiger partial charge >= 0.3 is 12.1 Å². The van der Waals surface area contributed by atoms with Crippen LogP contribution in [0, 0.1) is 5.92 Å². The lowest BCUT2D eigenvalue weighted by molar-refractivity contribution is -0.192. The molecule has 0 saturated carbocycles. The number of hydrogen-bond donors (Lipinski definition) is 2. The zero-order valence-corrected chi connectivity index (χ0v) is 25.3. The predicted octanol–water partition coefficient (Wildman–Crippen LogP) is 4.44. The fourth-order valence-corrected chi connectivity index (χ4v) is 7.82. The van der Waals surface area contributed by atoms with E-state index in [4.69, 9.17) is 9.90 Å². The Bertz CT molecular complexity index is 1620. The van der Waals surface area contributed by atoms with E-state index < -0.39 is 22.2 Å². The maximum Gasteiger partial charge on any atom is 0.490 e. The number of benzene rings is 1. The number of sulfonamides is 1. The number of carboxylic acid groups (broad SMARTS) is 1. The second-order valence-electron chi connectivity index (χ2n) is 11.5. The monoisotopic (exact) mass is 634 g/mol. The van der Waals surface area contributed by atoms with Gasteiger partial charge in [0.1, 0.15) is 0 Å². The number of anilines is 1. The van der Waals surface area contributed by atoms with E-state index >= 15 is 0 Å². The maximum atomic E-state index is 13.6. The van der Waals surface area contributed by atoms with E-state index in [9.17, 15) is 21.6 Å². The number of hydrogen-bond acceptors (Lipinski definition) is 7. The largest absolute Gasteiger partial charge is 0.490 e. The van der Waals surface area contributed by atoms with Crippen LogP contribution in [0.2, 0.25) is 0 Å². The summed E-state index contributed by atoms with van der Waals surface area (Å²) in [5, 5.41) is 13.0. The van der Waals surface area contributed by atoms with Crippen LogP contribution in [-0.2, 0) is 21.9 Å². The van der Waals surface area contributed by atoms with Crippen LogP contribution >= 0.6 is 0 Å². The summed E-state index contributed by atoms with van der Waals surface area (Å²) in [6, 6.07) is 6.07. The molecule has 0 radical (unpaired) electrons. The number of carbonyl (C=O) groups is 1. The highest BCUT2D eigenvalue weighted by Gasteiger charge is 2.38. The summed E-state index contributed by atoms with van der Waals surface area (Å²) in [5.74, 6) is -2.38. The Morgan fingerprint density at radius 2 is 1.84 bits per heavy atom. The van der Waals surface area contributed by atoms with Crippen molar-refractivity contribution >= 4 is 38.0 Å². The lowest BCUT2D eigenvalue weighted by Crippen LogP contribution is -2.50. The van der Waals surface area contributed by atoms with Gasteiger partial charge in [-0.1, -0.05) is 12.5 Å². The molecule has 6 rings (SSSR count). The van der Waals surface area contributed by atoms with Crippen molar-refractivity contribution < 1.29 is 31.5 Å². The molecule has 3 aromatic rings. The summed E-state index contributed by atoms with van der Waals surface area (Å²) in [6.07, 6.45) is 11.5. The molecule has 0 spiro atoms. The van der Waals surface area contributed by atoms with Gasteiger partial charge in [0.15, 0.2) is 0 Å². The summed E-state index contributed by atoms with van der Waals surface area (Å²) >= 11 is 0. The zero-order valence-electron chi connectivity index (χ0n) is 24.5. The first kappa shape index (κ1) is 31.9. The summed E-state index contributed by atoms with van der Waals surface area (Å²) in [4.78, 5) is 18.5. The molecule has 14 heteroatoms. The number of aromatic nitrogens is 3. The van der Waals surface area contributed by atoms with Gasteiger partial charge in [0, 0.05) is 73.3 Å². The Morgan fingerprint density at radius 1 is 1.07 bits per heavy atom. The highest BCUT2D eigenvalue weighted by molar-refractivity contribution is 7.89. The van der Waals surface area contributed by atoms with Gasteiger partial charge in [0.25, 0.3) is 0 Å². The average Bonchev–Trinajstić information content (AvgIpc) is 3.45. The van der Waals surface area contributed by atoms with Gasteiger partial charge in [-0.3, -0.25) is 9.67 Å². The van der Waals surface area contributed by atoms with Crippen molar-refractivity contribution in [3.8, 4) is 0 Å². The van der Waals surface area contributed by atoms with Gasteiger partial charge in [0.05, 0.1) is 11.1 Å². The van der Waals surface area contributed by atoms with E-state index in [0.717, 1.165) is 67.5 Å². The number of rotatable bonds is 6. The van der Waals surface area contributed by atoms with Crippen LogP contribution in [0.1, 0.15) is 44.1 Å². The van der Waals surface area contributed by atoms with E-state index in [1.165, 1.54) is 24.8 Å². The van der Waals surface area contributed by atoms with Crippen molar-refractivity contribution in [2.45, 2.75) is 55.6 Å². The van der Waals surface area contributed by atoms with Crippen molar-refractivity contribution in [2.75, 3.05) is 37.6 Å². The number of halogens is 3. The molecule has 44 heavy (non-hydrogen) atoms. The molecule has 1 aromatic carbocycles. The highest BCUT2D eigenvalue weighted by Crippen LogP contribution is 2.35. The van der Waals surface area contributed by atoms with Gasteiger partial charge in [-0.2, -0.15) is 18.3 Å². The van der Waals surface area contributed by atoms with Crippen molar-refractivity contribution in [3.63, 3.8) is 0 Å². The fraction of sp³-hybridized carbons (Fsp3) is 0.500. The van der Waals surface area contributed by atoms with Crippen molar-refractivity contribution in [1.82, 2.24) is 24.4 Å². The molecule has 2 aromatic heterocycles. The highest BCUT2D eigenvalue weighted by atomic mass is 32.2. The number of carboxylic acids is 1. The van der Waals surface area contributed by atoms with Crippen LogP contribution in [0.4, 0.5) is 18.9 Å². The van der Waals surface area contributed by atoms with E-state index in [2.05, 4.69) is 30.7 Å². The molecular weight excluding hydrogens is 597 g/mol. The number of piperidine rings is 2. The van der Waals surface area contributed by atoms with E-state index in [1.807, 2.05) is 36.3 Å². The van der Waals surface area contributed by atoms with Crippen LogP contribution in [0.25, 0.3) is 16.3 Å². The molecule has 2 fully saturated rings. The second kappa shape index (κ2) is 13.2. The molecule has 5 heterocycles. The Balaban J connectivity index is 0.000000493. The number of pyridine rings is 1. The second-order valence-corrected chi connectivity index (χ2v) is 13.2. The minimum Gasteiger partial charge on any atom is -0.475 e. The number of aliphatic carboxylic acids is 1. The summed E-state index contributed by atoms with van der Waals surface area (Å²) in [6.45, 7) is 4.43. The van der Waals surface area contributed by atoms with Crippen molar-refractivity contribution in [2.24, 2.45) is 13.0 Å². The number of nitrogens with one attached hydrogen (secondary N) is 1. The third-order valence-corrected chi connectivity index (χ3v) is 10.1. The first-order valence-corrected chi connectivity index (χ1v) is 16.3. The average molecular weight is 635 g/mol. The topological polar surface area (TPSA) is 121 Å². The molecule has 10 nitrogen and oxygen atoms in total. The maximum absolute atomic E-state index is 13.6. The summed E-state index contributed by atoms with van der Waals surface area (Å²) < 4.78 is 63.7. The minimum absolute atomic E-state index is 0.338. The molecule has 0 bridgehead atoms. The summed E-state index contributed by atoms with van der Waals surface area (Å²) in [7, 11) is -1.73. The predicted molar refractivity (Wildman–Crippen MR) is 161 cm³/mol. The Labute approximate surface area is 254 Å². The Morgan fingerprint density at radius 3 is 2.57 bits per heavy atom. The smallest absolute Gasteiger partial charge is 0.475 e. The lowest BCUT2D eigenvalue weighted by Gasteiger charge is -2.44. The first-order chi connectivity index (χ1) is 20.9. The Kier molecular flexibility index (Phi) is 9.61. The standard InChI is InChI=1S/C28H36N6O2S.C2HF3O2/c1-32-19-23(16-30-32)22-7-5-15-34(20-22)27-9-10-28(24-11-12-29-18-25(24)27)37(35,36)31-17-21-6-4-14-33-13-3-2-8-26(21)33;3-2(4,5)1(6)7/h7,9-12,16,18-19,21,26,31H,2-6,8,13-15,17,20H2,1H3;(H,6,7)/t21-,26+;/m0./s1.